The lowest BCUT2D eigenvalue weighted by Crippen LogP contribution is -2.52. The van der Waals surface area contributed by atoms with Crippen LogP contribution in [0.1, 0.15) is 49.3 Å². The molecular weight excluding hydrogens is 521 g/mol. The van der Waals surface area contributed by atoms with Crippen molar-refractivity contribution in [2.24, 2.45) is 0 Å². The lowest BCUT2D eigenvalue weighted by atomic mass is 10.1. The summed E-state index contributed by atoms with van der Waals surface area (Å²) >= 11 is 12.8. The number of halogens is 2. The highest BCUT2D eigenvalue weighted by Gasteiger charge is 2.32. The van der Waals surface area contributed by atoms with Crippen LogP contribution in [0.5, 0.6) is 0 Å². The van der Waals surface area contributed by atoms with Crippen LogP contribution in [-0.4, -0.2) is 50.0 Å². The number of nitrogens with one attached hydrogen (secondary N) is 1. The van der Waals surface area contributed by atoms with Crippen LogP contribution in [0.2, 0.25) is 10.0 Å². The molecule has 0 unspecified atom stereocenters. The van der Waals surface area contributed by atoms with E-state index in [9.17, 15) is 18.0 Å². The smallest absolute Gasteiger partial charge is 0.244 e. The van der Waals surface area contributed by atoms with Gasteiger partial charge in [0.15, 0.2) is 0 Å². The molecule has 3 rings (SSSR count). The first kappa shape index (κ1) is 28.3. The van der Waals surface area contributed by atoms with Gasteiger partial charge in [0.2, 0.25) is 21.8 Å². The molecule has 0 spiro atoms. The fourth-order valence-electron chi connectivity index (χ4n) is 4.41. The van der Waals surface area contributed by atoms with Gasteiger partial charge in [0.05, 0.1) is 11.9 Å². The van der Waals surface area contributed by atoms with Crippen molar-refractivity contribution in [3.63, 3.8) is 0 Å². The molecule has 0 aromatic heterocycles. The Labute approximate surface area is 223 Å². The van der Waals surface area contributed by atoms with Gasteiger partial charge in [-0.05, 0) is 62.9 Å². The Balaban J connectivity index is 1.96. The van der Waals surface area contributed by atoms with Gasteiger partial charge in [0, 0.05) is 28.2 Å². The number of sulfonamides is 1. The number of nitrogens with zero attached hydrogens (tertiary/aromatic N) is 2. The third-order valence-electron chi connectivity index (χ3n) is 6.57. The molecule has 2 amide bonds. The van der Waals surface area contributed by atoms with Crippen LogP contribution in [0, 0.1) is 13.8 Å². The summed E-state index contributed by atoms with van der Waals surface area (Å²) in [5.74, 6) is -0.831. The number of carbonyl (C=O) groups excluding carboxylic acids is 2. The predicted molar refractivity (Wildman–Crippen MR) is 145 cm³/mol. The van der Waals surface area contributed by atoms with Crippen molar-refractivity contribution in [1.29, 1.82) is 0 Å². The molecule has 1 fully saturated rings. The van der Waals surface area contributed by atoms with Crippen LogP contribution in [0.3, 0.4) is 0 Å². The van der Waals surface area contributed by atoms with Gasteiger partial charge in [-0.25, -0.2) is 8.42 Å². The van der Waals surface area contributed by atoms with E-state index < -0.39 is 28.5 Å². The number of aryl methyl sites for hydroxylation is 2. The van der Waals surface area contributed by atoms with Gasteiger partial charge < -0.3 is 10.2 Å². The highest BCUT2D eigenvalue weighted by atomic mass is 35.5. The Morgan fingerprint density at radius 2 is 1.69 bits per heavy atom. The van der Waals surface area contributed by atoms with Crippen LogP contribution < -0.4 is 9.62 Å². The highest BCUT2D eigenvalue weighted by molar-refractivity contribution is 7.92. The van der Waals surface area contributed by atoms with E-state index in [-0.39, 0.29) is 18.5 Å². The number of anilines is 1. The summed E-state index contributed by atoms with van der Waals surface area (Å²) in [5, 5.41) is 3.75. The molecule has 2 aromatic carbocycles. The van der Waals surface area contributed by atoms with Crippen molar-refractivity contribution in [3.8, 4) is 0 Å². The Morgan fingerprint density at radius 1 is 1.08 bits per heavy atom. The summed E-state index contributed by atoms with van der Waals surface area (Å²) in [6, 6.07) is 9.64. The standard InChI is InChI=1S/C26H33Cl2N3O4S/c1-17-12-13-18(2)24(14-17)31(36(4,34)35)16-25(32)30(15-21-22(27)10-7-11-23(21)28)19(3)26(33)29-20-8-5-6-9-20/h7,10-14,19-20H,5-6,8-9,15-16H2,1-4H3,(H,29,33)/t19-/m0/s1. The topological polar surface area (TPSA) is 86.8 Å². The van der Waals surface area contributed by atoms with Crippen molar-refractivity contribution in [2.45, 2.75) is 65.1 Å². The van der Waals surface area contributed by atoms with E-state index in [2.05, 4.69) is 5.32 Å². The molecular formula is C26H33Cl2N3O4S. The van der Waals surface area contributed by atoms with Gasteiger partial charge in [-0.1, -0.05) is 54.2 Å². The summed E-state index contributed by atoms with van der Waals surface area (Å²) in [4.78, 5) is 28.2. The van der Waals surface area contributed by atoms with E-state index in [1.807, 2.05) is 19.1 Å². The molecule has 2 aromatic rings. The minimum Gasteiger partial charge on any atom is -0.352 e. The molecule has 0 heterocycles. The zero-order chi connectivity index (χ0) is 26.6. The number of amides is 2. The number of hydrogen-bond acceptors (Lipinski definition) is 4. The molecule has 0 saturated heterocycles. The normalized spacial score (nSPS) is 14.9. The number of carbonyl (C=O) groups is 2. The van der Waals surface area contributed by atoms with Crippen LogP contribution in [0.15, 0.2) is 36.4 Å². The fraction of sp³-hybridized carbons (Fsp3) is 0.462. The minimum atomic E-state index is -3.81. The van der Waals surface area contributed by atoms with Gasteiger partial charge in [-0.15, -0.1) is 0 Å². The largest absolute Gasteiger partial charge is 0.352 e. The maximum absolute atomic E-state index is 13.7. The minimum absolute atomic E-state index is 0.0407. The van der Waals surface area contributed by atoms with Crippen LogP contribution in [-0.2, 0) is 26.2 Å². The number of benzene rings is 2. The quantitative estimate of drug-likeness (QED) is 0.480. The van der Waals surface area contributed by atoms with Crippen molar-refractivity contribution < 1.29 is 18.0 Å². The van der Waals surface area contributed by atoms with Crippen molar-refractivity contribution in [2.75, 3.05) is 17.1 Å². The van der Waals surface area contributed by atoms with Gasteiger partial charge in [-0.2, -0.15) is 0 Å². The van der Waals surface area contributed by atoms with E-state index in [4.69, 9.17) is 23.2 Å². The first-order chi connectivity index (χ1) is 16.9. The molecule has 1 N–H and O–H groups in total. The van der Waals surface area contributed by atoms with Gasteiger partial charge in [0.25, 0.3) is 0 Å². The fourth-order valence-corrected chi connectivity index (χ4v) is 5.83. The molecule has 36 heavy (non-hydrogen) atoms. The Hall–Kier alpha value is -2.29. The monoisotopic (exact) mass is 553 g/mol. The van der Waals surface area contributed by atoms with E-state index in [1.165, 1.54) is 4.90 Å². The molecule has 10 heteroatoms. The summed E-state index contributed by atoms with van der Waals surface area (Å²) in [7, 11) is -3.81. The molecule has 1 atom stereocenters. The van der Waals surface area contributed by atoms with E-state index >= 15 is 0 Å². The van der Waals surface area contributed by atoms with Gasteiger partial charge in [-0.3, -0.25) is 13.9 Å². The Bertz CT molecular complexity index is 1210. The summed E-state index contributed by atoms with van der Waals surface area (Å²) in [5.41, 5.74) is 2.49. The maximum Gasteiger partial charge on any atom is 0.244 e. The Morgan fingerprint density at radius 3 is 2.28 bits per heavy atom. The summed E-state index contributed by atoms with van der Waals surface area (Å²) in [6.45, 7) is 4.77. The average molecular weight is 555 g/mol. The highest BCUT2D eigenvalue weighted by Crippen LogP contribution is 2.28. The maximum atomic E-state index is 13.7. The molecule has 0 radical (unpaired) electrons. The van der Waals surface area contributed by atoms with Gasteiger partial charge >= 0.3 is 0 Å². The van der Waals surface area contributed by atoms with Crippen LogP contribution >= 0.6 is 23.2 Å². The van der Waals surface area contributed by atoms with Gasteiger partial charge in [0.1, 0.15) is 12.6 Å². The third kappa shape index (κ3) is 6.93. The second kappa shape index (κ2) is 11.8. The van der Waals surface area contributed by atoms with E-state index in [0.29, 0.717) is 26.9 Å². The first-order valence-electron chi connectivity index (χ1n) is 12.0. The lowest BCUT2D eigenvalue weighted by molar-refractivity contribution is -0.139. The number of hydrogen-bond donors (Lipinski definition) is 1. The molecule has 0 aliphatic heterocycles. The molecule has 7 nitrogen and oxygen atoms in total. The van der Waals surface area contributed by atoms with E-state index in [1.54, 1.807) is 38.1 Å². The molecule has 196 valence electrons. The zero-order valence-corrected chi connectivity index (χ0v) is 23.4. The Kier molecular flexibility index (Phi) is 9.30. The van der Waals surface area contributed by atoms with E-state index in [0.717, 1.165) is 41.8 Å². The molecule has 1 aliphatic rings. The molecule has 1 saturated carbocycles. The third-order valence-corrected chi connectivity index (χ3v) is 8.41. The van der Waals surface area contributed by atoms with Crippen molar-refractivity contribution >= 4 is 50.7 Å². The average Bonchev–Trinajstić information content (AvgIpc) is 3.31. The summed E-state index contributed by atoms with van der Waals surface area (Å²) < 4.78 is 26.7. The van der Waals surface area contributed by atoms with Crippen molar-refractivity contribution in [1.82, 2.24) is 10.2 Å². The lowest BCUT2D eigenvalue weighted by Gasteiger charge is -2.33. The molecule has 1 aliphatic carbocycles. The summed E-state index contributed by atoms with van der Waals surface area (Å²) in [6.07, 6.45) is 4.97. The predicted octanol–water partition coefficient (Wildman–Crippen LogP) is 4.85. The van der Waals surface area contributed by atoms with Crippen LogP contribution in [0.4, 0.5) is 5.69 Å². The SMILES string of the molecule is Cc1ccc(C)c(N(CC(=O)N(Cc2c(Cl)cccc2Cl)[C@@H](C)C(=O)NC2CCCC2)S(C)(=O)=O)c1. The second-order valence-corrected chi connectivity index (χ2v) is 12.2. The number of rotatable bonds is 9. The second-order valence-electron chi connectivity index (χ2n) is 9.45. The van der Waals surface area contributed by atoms with Crippen LogP contribution in [0.25, 0.3) is 0 Å². The van der Waals surface area contributed by atoms with Crippen molar-refractivity contribution in [3.05, 3.63) is 63.1 Å². The molecule has 0 bridgehead atoms. The first-order valence-corrected chi connectivity index (χ1v) is 14.6. The zero-order valence-electron chi connectivity index (χ0n) is 21.1.